The van der Waals surface area contributed by atoms with E-state index in [0.717, 1.165) is 18.7 Å². The van der Waals surface area contributed by atoms with Gasteiger partial charge in [-0.1, -0.05) is 30.2 Å². The Kier molecular flexibility index (Phi) is 3.89. The molecule has 146 valence electrons. The smallest absolute Gasteiger partial charge is 0.274 e. The van der Waals surface area contributed by atoms with Crippen LogP contribution in [0, 0.1) is 5.41 Å². The van der Waals surface area contributed by atoms with Crippen molar-refractivity contribution in [1.29, 1.82) is 0 Å². The standard InChI is InChI=1S/C20H23N5O3/c1-24-14-6-2-3-7-16(14)28-11-13(19(24)27)21-18(26)17-15-10-20(8-4-5-9-20)12-25(15)23-22-17/h2-3,6-7,13H,4-5,8-12H2,1H3,(H,21,26). The van der Waals surface area contributed by atoms with Crippen molar-refractivity contribution in [2.75, 3.05) is 18.6 Å². The van der Waals surface area contributed by atoms with Crippen LogP contribution in [0.25, 0.3) is 0 Å². The third-order valence-electron chi connectivity index (χ3n) is 6.31. The number of carbonyl (C=O) groups is 2. The zero-order valence-electron chi connectivity index (χ0n) is 15.9. The van der Waals surface area contributed by atoms with Gasteiger partial charge in [0.2, 0.25) is 0 Å². The molecule has 1 saturated carbocycles. The minimum atomic E-state index is -0.774. The summed E-state index contributed by atoms with van der Waals surface area (Å²) in [6.45, 7) is 0.922. The summed E-state index contributed by atoms with van der Waals surface area (Å²) in [6.07, 6.45) is 5.66. The van der Waals surface area contributed by atoms with Crippen molar-refractivity contribution in [2.45, 2.75) is 44.7 Å². The molecule has 1 N–H and O–H groups in total. The molecule has 1 spiro atoms. The van der Waals surface area contributed by atoms with Crippen LogP contribution in [-0.2, 0) is 17.8 Å². The maximum Gasteiger partial charge on any atom is 0.274 e. The number of anilines is 1. The van der Waals surface area contributed by atoms with E-state index in [1.54, 1.807) is 7.05 Å². The Morgan fingerprint density at radius 2 is 2.07 bits per heavy atom. The first-order valence-corrected chi connectivity index (χ1v) is 9.79. The maximum atomic E-state index is 12.9. The number of aromatic nitrogens is 3. The molecular formula is C20H23N5O3. The molecule has 5 rings (SSSR count). The Bertz CT molecular complexity index is 947. The highest BCUT2D eigenvalue weighted by molar-refractivity contribution is 6.03. The Balaban J connectivity index is 1.34. The minimum absolute atomic E-state index is 0.0827. The number of nitrogens with one attached hydrogen (secondary N) is 1. The van der Waals surface area contributed by atoms with E-state index in [1.165, 1.54) is 30.6 Å². The summed E-state index contributed by atoms with van der Waals surface area (Å²) >= 11 is 0. The van der Waals surface area contributed by atoms with E-state index in [-0.39, 0.29) is 23.8 Å². The number of rotatable bonds is 2. The van der Waals surface area contributed by atoms with E-state index in [1.807, 2.05) is 28.9 Å². The topological polar surface area (TPSA) is 89.4 Å². The second-order valence-electron chi connectivity index (χ2n) is 8.13. The van der Waals surface area contributed by atoms with Gasteiger partial charge in [0, 0.05) is 13.6 Å². The number of benzene rings is 1. The maximum absolute atomic E-state index is 12.9. The van der Waals surface area contributed by atoms with E-state index in [4.69, 9.17) is 4.74 Å². The van der Waals surface area contributed by atoms with Gasteiger partial charge in [0.05, 0.1) is 11.4 Å². The number of fused-ring (bicyclic) bond motifs is 2. The fourth-order valence-electron chi connectivity index (χ4n) is 4.78. The quantitative estimate of drug-likeness (QED) is 0.853. The van der Waals surface area contributed by atoms with E-state index in [9.17, 15) is 9.59 Å². The van der Waals surface area contributed by atoms with Crippen molar-refractivity contribution in [3.05, 3.63) is 35.7 Å². The van der Waals surface area contributed by atoms with Crippen LogP contribution in [0.3, 0.4) is 0 Å². The van der Waals surface area contributed by atoms with E-state index >= 15 is 0 Å². The van der Waals surface area contributed by atoms with Crippen LogP contribution in [0.15, 0.2) is 24.3 Å². The molecule has 28 heavy (non-hydrogen) atoms. The van der Waals surface area contributed by atoms with Crippen molar-refractivity contribution in [2.24, 2.45) is 5.41 Å². The first-order valence-electron chi connectivity index (χ1n) is 9.79. The van der Waals surface area contributed by atoms with Gasteiger partial charge in [-0.2, -0.15) is 0 Å². The summed E-state index contributed by atoms with van der Waals surface area (Å²) in [6, 6.07) is 6.57. The highest BCUT2D eigenvalue weighted by atomic mass is 16.5. The number of hydrogen-bond donors (Lipinski definition) is 1. The van der Waals surface area contributed by atoms with Crippen molar-refractivity contribution in [3.63, 3.8) is 0 Å². The van der Waals surface area contributed by atoms with Crippen LogP contribution in [0.4, 0.5) is 5.69 Å². The molecule has 3 aliphatic rings. The lowest BCUT2D eigenvalue weighted by Gasteiger charge is -2.21. The Morgan fingerprint density at radius 3 is 2.89 bits per heavy atom. The third kappa shape index (κ3) is 2.66. The zero-order chi connectivity index (χ0) is 19.3. The van der Waals surface area contributed by atoms with E-state index < -0.39 is 6.04 Å². The second-order valence-corrected chi connectivity index (χ2v) is 8.13. The number of hydrogen-bond acceptors (Lipinski definition) is 5. The number of carbonyl (C=O) groups excluding carboxylic acids is 2. The van der Waals surface area contributed by atoms with Crippen molar-refractivity contribution >= 4 is 17.5 Å². The molecule has 2 amide bonds. The number of likely N-dealkylation sites (N-methyl/N-ethyl adjacent to an activating group) is 1. The molecule has 2 aliphatic heterocycles. The lowest BCUT2D eigenvalue weighted by Crippen LogP contribution is -2.49. The molecule has 1 aliphatic carbocycles. The Morgan fingerprint density at radius 1 is 1.29 bits per heavy atom. The van der Waals surface area contributed by atoms with E-state index in [2.05, 4.69) is 15.6 Å². The molecule has 8 heteroatoms. The lowest BCUT2D eigenvalue weighted by molar-refractivity contribution is -0.120. The molecule has 0 bridgehead atoms. The largest absolute Gasteiger partial charge is 0.489 e. The van der Waals surface area contributed by atoms with Crippen LogP contribution in [0.2, 0.25) is 0 Å². The molecule has 0 radical (unpaired) electrons. The number of nitrogens with zero attached hydrogens (tertiary/aromatic N) is 4. The van der Waals surface area contributed by atoms with Gasteiger partial charge in [0.25, 0.3) is 11.8 Å². The molecule has 1 fully saturated rings. The average molecular weight is 381 g/mol. The van der Waals surface area contributed by atoms with Crippen LogP contribution < -0.4 is 15.0 Å². The SMILES string of the molecule is CN1C(=O)C(NC(=O)c2nnn3c2CC2(CCCC2)C3)COc2ccccc21. The summed E-state index contributed by atoms with van der Waals surface area (Å²) < 4.78 is 7.64. The lowest BCUT2D eigenvalue weighted by atomic mass is 9.84. The number of ether oxygens (including phenoxy) is 1. The van der Waals surface area contributed by atoms with Crippen LogP contribution in [-0.4, -0.2) is 46.5 Å². The van der Waals surface area contributed by atoms with Gasteiger partial charge in [-0.25, -0.2) is 4.68 Å². The summed E-state index contributed by atoms with van der Waals surface area (Å²) in [4.78, 5) is 27.3. The molecule has 1 unspecified atom stereocenters. The molecule has 0 saturated heterocycles. The summed E-state index contributed by atoms with van der Waals surface area (Å²) in [5.74, 6) is 0.0507. The van der Waals surface area contributed by atoms with Crippen LogP contribution in [0.5, 0.6) is 5.75 Å². The summed E-state index contributed by atoms with van der Waals surface area (Å²) in [5.41, 5.74) is 2.15. The van der Waals surface area contributed by atoms with Crippen LogP contribution >= 0.6 is 0 Å². The molecule has 8 nitrogen and oxygen atoms in total. The molecule has 1 aromatic heterocycles. The summed E-state index contributed by atoms with van der Waals surface area (Å²) in [7, 11) is 1.69. The van der Waals surface area contributed by atoms with Crippen molar-refractivity contribution < 1.29 is 14.3 Å². The molecule has 2 aromatic rings. The van der Waals surface area contributed by atoms with Gasteiger partial charge in [0.1, 0.15) is 18.4 Å². The molecule has 1 atom stereocenters. The zero-order valence-corrected chi connectivity index (χ0v) is 15.9. The Labute approximate surface area is 162 Å². The number of amides is 2. The minimum Gasteiger partial charge on any atom is -0.489 e. The second kappa shape index (κ2) is 6.32. The van der Waals surface area contributed by atoms with Gasteiger partial charge in [0.15, 0.2) is 5.69 Å². The third-order valence-corrected chi connectivity index (χ3v) is 6.31. The van der Waals surface area contributed by atoms with E-state index in [0.29, 0.717) is 17.1 Å². The van der Waals surface area contributed by atoms with Gasteiger partial charge >= 0.3 is 0 Å². The highest BCUT2D eigenvalue weighted by Gasteiger charge is 2.43. The van der Waals surface area contributed by atoms with Crippen molar-refractivity contribution in [1.82, 2.24) is 20.3 Å². The number of para-hydroxylation sites is 2. The molecule has 3 heterocycles. The molecule has 1 aromatic carbocycles. The first-order chi connectivity index (χ1) is 13.6. The fourth-order valence-corrected chi connectivity index (χ4v) is 4.78. The van der Waals surface area contributed by atoms with Crippen molar-refractivity contribution in [3.8, 4) is 5.75 Å². The normalized spacial score (nSPS) is 22.5. The fraction of sp³-hybridized carbons (Fsp3) is 0.500. The summed E-state index contributed by atoms with van der Waals surface area (Å²) in [5, 5.41) is 11.1. The van der Waals surface area contributed by atoms with Gasteiger partial charge in [-0.05, 0) is 36.8 Å². The monoisotopic (exact) mass is 381 g/mol. The first kappa shape index (κ1) is 17.2. The van der Waals surface area contributed by atoms with Crippen LogP contribution in [0.1, 0.15) is 41.9 Å². The highest BCUT2D eigenvalue weighted by Crippen LogP contribution is 2.46. The van der Waals surface area contributed by atoms with Gasteiger partial charge in [-0.3, -0.25) is 9.59 Å². The average Bonchev–Trinajstić information content (AvgIpc) is 3.39. The van der Waals surface area contributed by atoms with Gasteiger partial charge in [-0.15, -0.1) is 5.10 Å². The molecular weight excluding hydrogens is 358 g/mol. The van der Waals surface area contributed by atoms with Gasteiger partial charge < -0.3 is 15.0 Å². The Hall–Kier alpha value is -2.90. The predicted octanol–water partition coefficient (Wildman–Crippen LogP) is 1.55. The predicted molar refractivity (Wildman–Crippen MR) is 101 cm³/mol.